The van der Waals surface area contributed by atoms with Gasteiger partial charge >= 0.3 is 0 Å². The number of ketones is 1. The zero-order chi connectivity index (χ0) is 33.0. The number of sulfonamides is 1. The van der Waals surface area contributed by atoms with Crippen LogP contribution >= 0.6 is 0 Å². The Bertz CT molecular complexity index is 1920. The van der Waals surface area contributed by atoms with E-state index in [1.165, 1.54) is 0 Å². The molecule has 1 saturated heterocycles. The van der Waals surface area contributed by atoms with Gasteiger partial charge in [0.05, 0.1) is 28.2 Å². The maximum Gasteiger partial charge on any atom is 0.272 e. The van der Waals surface area contributed by atoms with Crippen molar-refractivity contribution in [2.75, 3.05) is 43.4 Å². The van der Waals surface area contributed by atoms with Crippen LogP contribution in [0.25, 0.3) is 0 Å². The van der Waals surface area contributed by atoms with Crippen molar-refractivity contribution in [3.05, 3.63) is 94.6 Å². The summed E-state index contributed by atoms with van der Waals surface area (Å²) in [6.07, 6.45) is 1.61. The van der Waals surface area contributed by atoms with E-state index in [2.05, 4.69) is 32.4 Å². The number of nitrogens with zero attached hydrogens (tertiary/aromatic N) is 5. The summed E-state index contributed by atoms with van der Waals surface area (Å²) in [5, 5.41) is 10.2. The summed E-state index contributed by atoms with van der Waals surface area (Å²) in [6.45, 7) is 6.50. The molecule has 0 radical (unpaired) electrons. The second kappa shape index (κ2) is 11.8. The minimum atomic E-state index is -4.33. The molecule has 4 heterocycles. The Morgan fingerprint density at radius 1 is 1.00 bits per heavy atom. The number of nitrogens with one attached hydrogen (secondary N) is 2. The number of H-pyrrole nitrogens is 1. The van der Waals surface area contributed by atoms with E-state index in [9.17, 15) is 26.8 Å². The minimum Gasteiger partial charge on any atom is -0.369 e. The molecule has 0 saturated carbocycles. The number of carbonyl (C=O) groups is 2. The van der Waals surface area contributed by atoms with Crippen molar-refractivity contribution in [1.82, 2.24) is 24.0 Å². The second-order valence-electron chi connectivity index (χ2n) is 12.3. The van der Waals surface area contributed by atoms with Gasteiger partial charge in [-0.25, -0.2) is 17.2 Å². The van der Waals surface area contributed by atoms with Crippen molar-refractivity contribution in [3.63, 3.8) is 0 Å². The molecule has 4 aromatic rings. The largest absolute Gasteiger partial charge is 0.369 e. The van der Waals surface area contributed by atoms with E-state index in [0.29, 0.717) is 40.0 Å². The second-order valence-corrected chi connectivity index (χ2v) is 14.1. The summed E-state index contributed by atoms with van der Waals surface area (Å²) >= 11 is 0. The van der Waals surface area contributed by atoms with E-state index < -0.39 is 32.1 Å². The number of benzene rings is 2. The number of Topliss-reactive ketones (excluding diaryl/α,β-unsaturated/α-hetero) is 1. The van der Waals surface area contributed by atoms with E-state index in [-0.39, 0.29) is 24.7 Å². The molecule has 6 rings (SSSR count). The van der Waals surface area contributed by atoms with Gasteiger partial charge in [-0.05, 0) is 63.4 Å². The third-order valence-electron chi connectivity index (χ3n) is 8.82. The van der Waals surface area contributed by atoms with E-state index in [0.717, 1.165) is 48.3 Å². The summed E-state index contributed by atoms with van der Waals surface area (Å²) in [7, 11) is -0.510. The predicted molar refractivity (Wildman–Crippen MR) is 168 cm³/mol. The Labute approximate surface area is 265 Å². The van der Waals surface area contributed by atoms with Gasteiger partial charge < -0.3 is 19.7 Å². The lowest BCUT2D eigenvalue weighted by molar-refractivity contribution is 0.0992. The van der Waals surface area contributed by atoms with Crippen molar-refractivity contribution in [3.8, 4) is 0 Å². The third-order valence-corrected chi connectivity index (χ3v) is 10.8. The molecule has 1 fully saturated rings. The molecule has 2 aromatic heterocycles. The van der Waals surface area contributed by atoms with Gasteiger partial charge in [0.15, 0.2) is 5.78 Å². The average Bonchev–Trinajstić information content (AvgIpc) is 3.68. The molecule has 46 heavy (non-hydrogen) atoms. The van der Waals surface area contributed by atoms with Gasteiger partial charge in [0.25, 0.3) is 5.91 Å². The zero-order valence-electron chi connectivity index (χ0n) is 26.0. The molecule has 242 valence electrons. The van der Waals surface area contributed by atoms with Crippen LogP contribution < -0.4 is 10.2 Å². The number of hydrogen-bond acceptors (Lipinski definition) is 7. The number of halogens is 2. The topological polar surface area (TPSA) is 124 Å². The summed E-state index contributed by atoms with van der Waals surface area (Å²) in [4.78, 5) is 31.1. The van der Waals surface area contributed by atoms with Crippen LogP contribution in [0.15, 0.2) is 59.6 Å². The van der Waals surface area contributed by atoms with Gasteiger partial charge in [0.1, 0.15) is 17.3 Å². The quantitative estimate of drug-likeness (QED) is 0.277. The molecule has 0 bridgehead atoms. The molecule has 0 atom stereocenters. The number of hydrogen-bond donors (Lipinski definition) is 2. The Morgan fingerprint density at radius 2 is 1.70 bits per heavy atom. The molecule has 11 nitrogen and oxygen atoms in total. The first-order valence-corrected chi connectivity index (χ1v) is 16.3. The maximum atomic E-state index is 14.0. The number of fused-ring (bicyclic) bond motifs is 1. The zero-order valence-corrected chi connectivity index (χ0v) is 26.8. The SMILES string of the molecule is CN1CCN(c2ccc(C(=O)Cc3[nH]nc4c3CN(S(=O)(=O)c3cc(F)cc(F)c3)C4(C)C)c(NC(=O)c3cccn3C)c2)CC1. The van der Waals surface area contributed by atoms with Gasteiger partial charge in [-0.15, -0.1) is 0 Å². The fraction of sp³-hybridized carbons (Fsp3) is 0.344. The summed E-state index contributed by atoms with van der Waals surface area (Å²) in [5.41, 5.74) is 2.14. The van der Waals surface area contributed by atoms with E-state index in [1.807, 2.05) is 12.1 Å². The highest BCUT2D eigenvalue weighted by Crippen LogP contribution is 2.43. The maximum absolute atomic E-state index is 14.0. The Balaban J connectivity index is 1.30. The first-order valence-electron chi connectivity index (χ1n) is 14.8. The smallest absolute Gasteiger partial charge is 0.272 e. The van der Waals surface area contributed by atoms with Crippen molar-refractivity contribution >= 4 is 33.1 Å². The number of carbonyl (C=O) groups excluding carboxylic acids is 2. The highest BCUT2D eigenvalue weighted by Gasteiger charge is 2.48. The number of aromatic amines is 1. The van der Waals surface area contributed by atoms with E-state index >= 15 is 0 Å². The number of anilines is 2. The van der Waals surface area contributed by atoms with Crippen molar-refractivity contribution in [2.24, 2.45) is 7.05 Å². The fourth-order valence-corrected chi connectivity index (χ4v) is 7.92. The Morgan fingerprint density at radius 3 is 2.35 bits per heavy atom. The van der Waals surface area contributed by atoms with Gasteiger partial charge in [-0.2, -0.15) is 9.40 Å². The third kappa shape index (κ3) is 5.72. The van der Waals surface area contributed by atoms with Gasteiger partial charge in [0.2, 0.25) is 10.0 Å². The van der Waals surface area contributed by atoms with Gasteiger partial charge in [-0.3, -0.25) is 14.7 Å². The lowest BCUT2D eigenvalue weighted by Gasteiger charge is -2.34. The van der Waals surface area contributed by atoms with Crippen molar-refractivity contribution in [2.45, 2.75) is 37.2 Å². The molecule has 1 amide bonds. The lowest BCUT2D eigenvalue weighted by atomic mass is 9.98. The number of piperazine rings is 1. The standard InChI is InChI=1S/C32H35F2N7O4S/c1-32(2)30-25(19-41(32)46(44,45)23-15-20(33)14-21(34)16-23)27(36-37-30)18-29(42)24-8-7-22(40-12-10-38(3)11-13-40)17-26(24)35-31(43)28-6-5-9-39(28)4/h5-9,14-17H,10-13,18-19H2,1-4H3,(H,35,43)(H,36,37). The first-order chi connectivity index (χ1) is 21.8. The summed E-state index contributed by atoms with van der Waals surface area (Å²) in [5.74, 6) is -2.69. The molecule has 0 aliphatic carbocycles. The Hall–Kier alpha value is -4.40. The fourth-order valence-electron chi connectivity index (χ4n) is 6.15. The molecule has 0 spiro atoms. The van der Waals surface area contributed by atoms with E-state index in [1.54, 1.807) is 49.9 Å². The molecular formula is C32H35F2N7O4S. The Kier molecular flexibility index (Phi) is 8.07. The van der Waals surface area contributed by atoms with Crippen LogP contribution in [-0.4, -0.2) is 77.3 Å². The lowest BCUT2D eigenvalue weighted by Crippen LogP contribution is -2.44. The van der Waals surface area contributed by atoms with Crippen LogP contribution in [-0.2, 0) is 35.6 Å². The highest BCUT2D eigenvalue weighted by molar-refractivity contribution is 7.89. The first kappa shape index (κ1) is 31.6. The number of aryl methyl sites for hydroxylation is 1. The highest BCUT2D eigenvalue weighted by atomic mass is 32.2. The molecule has 14 heteroatoms. The molecular weight excluding hydrogens is 616 g/mol. The molecule has 2 aliphatic rings. The summed E-state index contributed by atoms with van der Waals surface area (Å²) < 4.78 is 57.9. The van der Waals surface area contributed by atoms with Crippen molar-refractivity contribution < 1.29 is 26.8 Å². The molecule has 2 aliphatic heterocycles. The predicted octanol–water partition coefficient (Wildman–Crippen LogP) is 3.90. The van der Waals surface area contributed by atoms with Crippen LogP contribution in [0.4, 0.5) is 20.2 Å². The average molecular weight is 652 g/mol. The van der Waals surface area contributed by atoms with Gasteiger partial charge in [0, 0.05) is 74.5 Å². The van der Waals surface area contributed by atoms with Crippen LogP contribution in [0, 0.1) is 11.6 Å². The normalized spacial score (nSPS) is 16.9. The van der Waals surface area contributed by atoms with Crippen molar-refractivity contribution in [1.29, 1.82) is 0 Å². The minimum absolute atomic E-state index is 0.151. The van der Waals surface area contributed by atoms with Crippen LogP contribution in [0.1, 0.15) is 51.6 Å². The number of likely N-dealkylation sites (N-methyl/N-ethyl adjacent to an activating group) is 1. The van der Waals surface area contributed by atoms with E-state index in [4.69, 9.17) is 0 Å². The van der Waals surface area contributed by atoms with Crippen LogP contribution in [0.5, 0.6) is 0 Å². The summed E-state index contributed by atoms with van der Waals surface area (Å²) in [6, 6.07) is 11.0. The number of amides is 1. The monoisotopic (exact) mass is 651 g/mol. The number of rotatable bonds is 8. The molecule has 2 aromatic carbocycles. The van der Waals surface area contributed by atoms with Crippen LogP contribution in [0.2, 0.25) is 0 Å². The van der Waals surface area contributed by atoms with Gasteiger partial charge in [-0.1, -0.05) is 0 Å². The number of aromatic nitrogens is 3. The molecule has 0 unspecified atom stereocenters. The van der Waals surface area contributed by atoms with Crippen LogP contribution in [0.3, 0.4) is 0 Å². The molecule has 2 N–H and O–H groups in total.